The van der Waals surface area contributed by atoms with Gasteiger partial charge in [-0.25, -0.2) is 0 Å². The number of benzene rings is 2. The molecule has 0 aliphatic heterocycles. The molecule has 2 aromatic rings. The molecule has 0 spiro atoms. The van der Waals surface area contributed by atoms with Crippen molar-refractivity contribution in [1.82, 2.24) is 5.32 Å². The fraction of sp³-hybridized carbons (Fsp3) is 0.316. The fourth-order valence-electron chi connectivity index (χ4n) is 2.42. The minimum atomic E-state index is -1.15. The van der Waals surface area contributed by atoms with E-state index in [1.54, 1.807) is 13.8 Å². The third-order valence-electron chi connectivity index (χ3n) is 4.16. The number of methoxy groups -OCH3 is 1. The van der Waals surface area contributed by atoms with E-state index in [4.69, 9.17) is 4.74 Å². The number of hydrogen-bond acceptors (Lipinski definition) is 3. The van der Waals surface area contributed by atoms with Crippen LogP contribution in [0.3, 0.4) is 0 Å². The van der Waals surface area contributed by atoms with E-state index in [0.717, 1.165) is 11.1 Å². The van der Waals surface area contributed by atoms with Gasteiger partial charge in [-0.15, -0.1) is 0 Å². The first kappa shape index (κ1) is 17.2. The molecule has 0 bridgehead atoms. The van der Waals surface area contributed by atoms with Crippen LogP contribution in [0.1, 0.15) is 25.0 Å². The van der Waals surface area contributed by atoms with Gasteiger partial charge in [0.25, 0.3) is 5.91 Å². The van der Waals surface area contributed by atoms with Crippen LogP contribution in [0.2, 0.25) is 0 Å². The standard InChI is InChI=1S/C19H23NO3/c1-18(22,15-10-6-4-7-11-15)14-20-17(21)19(2,23-3)16-12-8-5-9-13-16/h4-13,22H,14H2,1-3H3,(H,20,21)/t18-,19-/m1/s1. The summed E-state index contributed by atoms with van der Waals surface area (Å²) in [4.78, 5) is 12.6. The molecule has 2 aromatic carbocycles. The van der Waals surface area contributed by atoms with Gasteiger partial charge in [0.2, 0.25) is 0 Å². The van der Waals surface area contributed by atoms with Gasteiger partial charge in [0.1, 0.15) is 5.60 Å². The second-order valence-corrected chi connectivity index (χ2v) is 5.93. The van der Waals surface area contributed by atoms with Gasteiger partial charge in [-0.05, 0) is 25.0 Å². The molecule has 0 fully saturated rings. The maximum Gasteiger partial charge on any atom is 0.256 e. The van der Waals surface area contributed by atoms with Crippen molar-refractivity contribution in [1.29, 1.82) is 0 Å². The molecule has 0 saturated heterocycles. The summed E-state index contributed by atoms with van der Waals surface area (Å²) >= 11 is 0. The lowest BCUT2D eigenvalue weighted by Crippen LogP contribution is -2.48. The summed E-state index contributed by atoms with van der Waals surface area (Å²) in [5, 5.41) is 13.4. The smallest absolute Gasteiger partial charge is 0.256 e. The SMILES string of the molecule is CO[C@@](C)(C(=O)NC[C@@](C)(O)c1ccccc1)c1ccccc1. The van der Waals surface area contributed by atoms with Crippen LogP contribution in [0.25, 0.3) is 0 Å². The van der Waals surface area contributed by atoms with Crippen molar-refractivity contribution >= 4 is 5.91 Å². The summed E-state index contributed by atoms with van der Waals surface area (Å²) in [5.74, 6) is -0.289. The Balaban J connectivity index is 2.12. The second kappa shape index (κ2) is 6.94. The monoisotopic (exact) mass is 313 g/mol. The molecule has 122 valence electrons. The maximum atomic E-state index is 12.6. The van der Waals surface area contributed by atoms with Gasteiger partial charge in [0.15, 0.2) is 5.60 Å². The van der Waals surface area contributed by atoms with E-state index in [1.165, 1.54) is 7.11 Å². The van der Waals surface area contributed by atoms with Crippen molar-refractivity contribution in [2.75, 3.05) is 13.7 Å². The molecule has 0 aliphatic rings. The quantitative estimate of drug-likeness (QED) is 0.862. The number of aliphatic hydroxyl groups is 1. The van der Waals surface area contributed by atoms with Crippen LogP contribution in [0.5, 0.6) is 0 Å². The number of amides is 1. The summed E-state index contributed by atoms with van der Waals surface area (Å²) in [6, 6.07) is 18.6. The van der Waals surface area contributed by atoms with Crippen LogP contribution in [-0.2, 0) is 20.7 Å². The number of carbonyl (C=O) groups is 1. The lowest BCUT2D eigenvalue weighted by atomic mass is 9.93. The molecule has 2 atom stereocenters. The third-order valence-corrected chi connectivity index (χ3v) is 4.16. The summed E-state index contributed by atoms with van der Waals surface area (Å²) in [7, 11) is 1.50. The van der Waals surface area contributed by atoms with Crippen molar-refractivity contribution in [3.63, 3.8) is 0 Å². The number of hydrogen-bond donors (Lipinski definition) is 2. The Hall–Kier alpha value is -2.17. The van der Waals surface area contributed by atoms with Crippen molar-refractivity contribution in [3.05, 3.63) is 71.8 Å². The number of nitrogens with one attached hydrogen (secondary N) is 1. The Morgan fingerprint density at radius 1 is 1.00 bits per heavy atom. The first-order valence-electron chi connectivity index (χ1n) is 7.57. The average Bonchev–Trinajstić information content (AvgIpc) is 2.60. The van der Waals surface area contributed by atoms with Crippen LogP contribution >= 0.6 is 0 Å². The molecular formula is C19H23NO3. The predicted octanol–water partition coefficient (Wildman–Crippen LogP) is 2.57. The highest BCUT2D eigenvalue weighted by molar-refractivity contribution is 5.86. The zero-order chi connectivity index (χ0) is 16.9. The summed E-state index contributed by atoms with van der Waals surface area (Å²) < 4.78 is 5.46. The van der Waals surface area contributed by atoms with Crippen LogP contribution < -0.4 is 5.32 Å². The summed E-state index contributed by atoms with van der Waals surface area (Å²) in [6.45, 7) is 3.49. The average molecular weight is 313 g/mol. The zero-order valence-electron chi connectivity index (χ0n) is 13.7. The highest BCUT2D eigenvalue weighted by Gasteiger charge is 2.36. The molecule has 2 N–H and O–H groups in total. The van der Waals surface area contributed by atoms with E-state index in [-0.39, 0.29) is 12.5 Å². The van der Waals surface area contributed by atoms with Crippen LogP contribution in [0.4, 0.5) is 0 Å². The molecule has 0 aliphatic carbocycles. The van der Waals surface area contributed by atoms with E-state index in [0.29, 0.717) is 0 Å². The Morgan fingerprint density at radius 3 is 1.96 bits per heavy atom. The zero-order valence-corrected chi connectivity index (χ0v) is 13.7. The Bertz CT molecular complexity index is 640. The lowest BCUT2D eigenvalue weighted by molar-refractivity contribution is -0.143. The normalized spacial score (nSPS) is 16.2. The summed E-state index contributed by atoms with van der Waals surface area (Å²) in [5.41, 5.74) is -0.741. The molecule has 0 heterocycles. The molecular weight excluding hydrogens is 290 g/mol. The lowest BCUT2D eigenvalue weighted by Gasteiger charge is -2.30. The van der Waals surface area contributed by atoms with Gasteiger partial charge < -0.3 is 15.2 Å². The minimum Gasteiger partial charge on any atom is -0.384 e. The van der Waals surface area contributed by atoms with E-state index < -0.39 is 11.2 Å². The Labute approximate surface area is 137 Å². The van der Waals surface area contributed by atoms with Gasteiger partial charge in [-0.3, -0.25) is 4.79 Å². The Morgan fingerprint density at radius 2 is 1.48 bits per heavy atom. The second-order valence-electron chi connectivity index (χ2n) is 5.93. The molecule has 0 unspecified atom stereocenters. The molecule has 2 rings (SSSR count). The molecule has 4 heteroatoms. The first-order valence-corrected chi connectivity index (χ1v) is 7.57. The molecule has 4 nitrogen and oxygen atoms in total. The van der Waals surface area contributed by atoms with Crippen molar-refractivity contribution in [2.24, 2.45) is 0 Å². The van der Waals surface area contributed by atoms with E-state index in [2.05, 4.69) is 5.32 Å². The highest BCUT2D eigenvalue weighted by Crippen LogP contribution is 2.25. The highest BCUT2D eigenvalue weighted by atomic mass is 16.5. The predicted molar refractivity (Wildman–Crippen MR) is 89.8 cm³/mol. The van der Waals surface area contributed by atoms with Crippen LogP contribution in [-0.4, -0.2) is 24.7 Å². The largest absolute Gasteiger partial charge is 0.384 e. The number of ether oxygens (including phenoxy) is 1. The van der Waals surface area contributed by atoms with Crippen LogP contribution in [0, 0.1) is 0 Å². The fourth-order valence-corrected chi connectivity index (χ4v) is 2.42. The van der Waals surface area contributed by atoms with E-state index in [9.17, 15) is 9.90 Å². The van der Waals surface area contributed by atoms with Gasteiger partial charge in [-0.2, -0.15) is 0 Å². The molecule has 1 amide bonds. The Kier molecular flexibility index (Phi) is 5.19. The molecule has 0 aromatic heterocycles. The van der Waals surface area contributed by atoms with Gasteiger partial charge in [0, 0.05) is 7.11 Å². The number of carbonyl (C=O) groups excluding carboxylic acids is 1. The molecule has 0 radical (unpaired) electrons. The molecule has 23 heavy (non-hydrogen) atoms. The maximum absolute atomic E-state index is 12.6. The van der Waals surface area contributed by atoms with Gasteiger partial charge in [0.05, 0.1) is 6.54 Å². The minimum absolute atomic E-state index is 0.0988. The number of rotatable bonds is 6. The van der Waals surface area contributed by atoms with E-state index in [1.807, 2.05) is 60.7 Å². The van der Waals surface area contributed by atoms with Gasteiger partial charge >= 0.3 is 0 Å². The van der Waals surface area contributed by atoms with Crippen molar-refractivity contribution < 1.29 is 14.6 Å². The van der Waals surface area contributed by atoms with E-state index >= 15 is 0 Å². The molecule has 0 saturated carbocycles. The van der Waals surface area contributed by atoms with Crippen molar-refractivity contribution in [3.8, 4) is 0 Å². The van der Waals surface area contributed by atoms with Crippen LogP contribution in [0.15, 0.2) is 60.7 Å². The third kappa shape index (κ3) is 3.78. The first-order chi connectivity index (χ1) is 10.9. The summed E-state index contributed by atoms with van der Waals surface area (Å²) in [6.07, 6.45) is 0. The topological polar surface area (TPSA) is 58.6 Å². The van der Waals surface area contributed by atoms with Gasteiger partial charge in [-0.1, -0.05) is 60.7 Å². The van der Waals surface area contributed by atoms with Crippen molar-refractivity contribution in [2.45, 2.75) is 25.0 Å².